The van der Waals surface area contributed by atoms with Gasteiger partial charge in [-0.1, -0.05) is 29.8 Å². The number of fused-ring (bicyclic) bond motifs is 1. The molecular weight excluding hydrogens is 470 g/mol. The summed E-state index contributed by atoms with van der Waals surface area (Å²) in [6.07, 6.45) is 2.19. The van der Waals surface area contributed by atoms with Crippen LogP contribution in [0.5, 0.6) is 0 Å². The van der Waals surface area contributed by atoms with Gasteiger partial charge in [0.05, 0.1) is 17.3 Å². The summed E-state index contributed by atoms with van der Waals surface area (Å²) >= 11 is 7.28. The SMILES string of the molecule is O=C1NCCN1CCNc1ncc(F)c(-c2cc3cccc(-c4cc(Cl)ncc4F)c3s2)n1. The number of halogens is 3. The van der Waals surface area contributed by atoms with Crippen LogP contribution in [0.2, 0.25) is 5.15 Å². The number of nitrogens with one attached hydrogen (secondary N) is 2. The maximum Gasteiger partial charge on any atom is 0.317 e. The molecule has 0 aliphatic carbocycles. The van der Waals surface area contributed by atoms with Crippen LogP contribution in [0, 0.1) is 11.6 Å². The molecule has 11 heteroatoms. The average Bonchev–Trinajstić information content (AvgIpc) is 3.42. The van der Waals surface area contributed by atoms with Crippen LogP contribution in [0.1, 0.15) is 0 Å². The predicted octanol–water partition coefficient (Wildman–Crippen LogP) is 4.79. The van der Waals surface area contributed by atoms with Crippen LogP contribution in [-0.4, -0.2) is 52.1 Å². The van der Waals surface area contributed by atoms with E-state index in [9.17, 15) is 13.6 Å². The fraction of sp³-hybridized carbons (Fsp3) is 0.182. The lowest BCUT2D eigenvalue weighted by Crippen LogP contribution is -2.32. The first-order valence-electron chi connectivity index (χ1n) is 10.1. The first-order valence-corrected chi connectivity index (χ1v) is 11.3. The normalized spacial score (nSPS) is 13.5. The van der Waals surface area contributed by atoms with Gasteiger partial charge in [-0.2, -0.15) is 0 Å². The number of benzene rings is 1. The molecule has 33 heavy (non-hydrogen) atoms. The van der Waals surface area contributed by atoms with Crippen molar-refractivity contribution in [2.45, 2.75) is 0 Å². The molecule has 5 rings (SSSR count). The molecule has 0 saturated carbocycles. The molecule has 0 spiro atoms. The molecule has 0 unspecified atom stereocenters. The number of pyridine rings is 1. The number of hydrogen-bond acceptors (Lipinski definition) is 6. The Hall–Kier alpha value is -3.37. The van der Waals surface area contributed by atoms with Crippen molar-refractivity contribution in [3.63, 3.8) is 0 Å². The maximum absolute atomic E-state index is 14.7. The van der Waals surface area contributed by atoms with Crippen molar-refractivity contribution < 1.29 is 13.6 Å². The van der Waals surface area contributed by atoms with Gasteiger partial charge in [0.1, 0.15) is 16.7 Å². The van der Waals surface area contributed by atoms with Crippen LogP contribution in [-0.2, 0) is 0 Å². The van der Waals surface area contributed by atoms with Crippen LogP contribution in [0.25, 0.3) is 31.8 Å². The summed E-state index contributed by atoms with van der Waals surface area (Å²) in [5.74, 6) is -0.797. The number of anilines is 1. The highest BCUT2D eigenvalue weighted by molar-refractivity contribution is 7.22. The van der Waals surface area contributed by atoms with Crippen LogP contribution >= 0.6 is 22.9 Å². The fourth-order valence-electron chi connectivity index (χ4n) is 3.66. The Morgan fingerprint density at radius 2 is 2.00 bits per heavy atom. The highest BCUT2D eigenvalue weighted by Crippen LogP contribution is 2.40. The average molecular weight is 487 g/mol. The summed E-state index contributed by atoms with van der Waals surface area (Å²) < 4.78 is 29.9. The summed E-state index contributed by atoms with van der Waals surface area (Å²) in [6, 6.07) is 8.64. The van der Waals surface area contributed by atoms with E-state index in [4.69, 9.17) is 11.6 Å². The first kappa shape index (κ1) is 21.5. The van der Waals surface area contributed by atoms with Gasteiger partial charge in [-0.3, -0.25) is 0 Å². The fourth-order valence-corrected chi connectivity index (χ4v) is 5.00. The molecule has 1 aliphatic heterocycles. The topological polar surface area (TPSA) is 83.0 Å². The lowest BCUT2D eigenvalue weighted by Gasteiger charge is -2.14. The minimum Gasteiger partial charge on any atom is -0.352 e. The molecular formula is C22H17ClF2N6OS. The third-order valence-electron chi connectivity index (χ3n) is 5.24. The van der Waals surface area contributed by atoms with Crippen molar-refractivity contribution in [1.29, 1.82) is 0 Å². The lowest BCUT2D eigenvalue weighted by atomic mass is 10.0. The molecule has 1 fully saturated rings. The Morgan fingerprint density at radius 1 is 1.15 bits per heavy atom. The number of carbonyl (C=O) groups is 1. The summed E-state index contributed by atoms with van der Waals surface area (Å²) in [5, 5.41) is 6.79. The zero-order valence-electron chi connectivity index (χ0n) is 17.1. The molecule has 0 radical (unpaired) electrons. The Bertz CT molecular complexity index is 1360. The summed E-state index contributed by atoms with van der Waals surface area (Å²) in [7, 11) is 0. The molecule has 168 valence electrons. The molecule has 0 bridgehead atoms. The van der Waals surface area contributed by atoms with Gasteiger partial charge in [-0.25, -0.2) is 28.5 Å². The Kier molecular flexibility index (Phi) is 5.77. The number of aromatic nitrogens is 3. The van der Waals surface area contributed by atoms with Crippen LogP contribution in [0.4, 0.5) is 19.5 Å². The smallest absolute Gasteiger partial charge is 0.317 e. The summed E-state index contributed by atoms with van der Waals surface area (Å²) in [4.78, 5) is 26.0. The van der Waals surface area contributed by atoms with Crippen LogP contribution in [0.3, 0.4) is 0 Å². The Balaban J connectivity index is 1.45. The first-order chi connectivity index (χ1) is 16.0. The number of carbonyl (C=O) groups excluding carboxylic acids is 1. The van der Waals surface area contributed by atoms with E-state index < -0.39 is 11.6 Å². The number of urea groups is 1. The molecule has 1 saturated heterocycles. The third-order valence-corrected chi connectivity index (χ3v) is 6.64. The standard InChI is InChI=1S/C22H17ClF2N6OS/c23-18-9-14(15(24)10-28-18)13-3-1-2-12-8-17(33-20(12)13)19-16(25)11-29-21(30-19)26-4-6-31-7-5-27-22(31)32/h1-3,8-11H,4-7H2,(H,27,32)(H,26,29,30). The molecule has 4 aromatic rings. The molecule has 0 atom stereocenters. The van der Waals surface area contributed by atoms with Gasteiger partial charge in [-0.15, -0.1) is 11.3 Å². The van der Waals surface area contributed by atoms with Gasteiger partial charge in [-0.05, 0) is 17.5 Å². The minimum atomic E-state index is -0.564. The quantitative estimate of drug-likeness (QED) is 0.383. The molecule has 1 aliphatic rings. The van der Waals surface area contributed by atoms with Crippen molar-refractivity contribution in [2.24, 2.45) is 0 Å². The number of amides is 2. The largest absolute Gasteiger partial charge is 0.352 e. The number of nitrogens with zero attached hydrogens (tertiary/aromatic N) is 4. The van der Waals surface area contributed by atoms with Crippen molar-refractivity contribution in [3.05, 3.63) is 59.5 Å². The second-order valence-corrected chi connectivity index (χ2v) is 8.80. The lowest BCUT2D eigenvalue weighted by molar-refractivity contribution is 0.219. The van der Waals surface area contributed by atoms with Crippen LogP contribution < -0.4 is 10.6 Å². The van der Waals surface area contributed by atoms with E-state index in [1.807, 2.05) is 12.1 Å². The van der Waals surface area contributed by atoms with Crippen molar-refractivity contribution in [3.8, 4) is 21.7 Å². The highest BCUT2D eigenvalue weighted by Gasteiger charge is 2.19. The zero-order chi connectivity index (χ0) is 22.9. The third kappa shape index (κ3) is 4.31. The van der Waals surface area contributed by atoms with Crippen molar-refractivity contribution in [2.75, 3.05) is 31.5 Å². The van der Waals surface area contributed by atoms with E-state index >= 15 is 0 Å². The van der Waals surface area contributed by atoms with Gasteiger partial charge in [0.15, 0.2) is 5.82 Å². The van der Waals surface area contributed by atoms with E-state index in [0.29, 0.717) is 42.2 Å². The van der Waals surface area contributed by atoms with E-state index in [-0.39, 0.29) is 22.8 Å². The van der Waals surface area contributed by atoms with Crippen molar-refractivity contribution in [1.82, 2.24) is 25.2 Å². The molecule has 4 heterocycles. The van der Waals surface area contributed by atoms with Gasteiger partial charge in [0.25, 0.3) is 0 Å². The molecule has 2 N–H and O–H groups in total. The van der Waals surface area contributed by atoms with Gasteiger partial charge in [0, 0.05) is 42.0 Å². The summed E-state index contributed by atoms with van der Waals surface area (Å²) in [5.41, 5.74) is 1.11. The molecule has 2 amide bonds. The molecule has 7 nitrogen and oxygen atoms in total. The van der Waals surface area contributed by atoms with Crippen LogP contribution in [0.15, 0.2) is 42.7 Å². The summed E-state index contributed by atoms with van der Waals surface area (Å²) in [6.45, 7) is 2.17. The highest BCUT2D eigenvalue weighted by atomic mass is 35.5. The monoisotopic (exact) mass is 486 g/mol. The molecule has 1 aromatic carbocycles. The van der Waals surface area contributed by atoms with E-state index in [2.05, 4.69) is 25.6 Å². The minimum absolute atomic E-state index is 0.106. The Labute approximate surface area is 196 Å². The number of thiophene rings is 1. The second-order valence-electron chi connectivity index (χ2n) is 7.36. The van der Waals surface area contributed by atoms with Gasteiger partial charge in [0.2, 0.25) is 5.95 Å². The zero-order valence-corrected chi connectivity index (χ0v) is 18.7. The van der Waals surface area contributed by atoms with Gasteiger partial charge >= 0.3 is 6.03 Å². The Morgan fingerprint density at radius 3 is 2.82 bits per heavy atom. The molecule has 3 aromatic heterocycles. The van der Waals surface area contributed by atoms with Gasteiger partial charge < -0.3 is 15.5 Å². The van der Waals surface area contributed by atoms with Crippen molar-refractivity contribution >= 4 is 45.0 Å². The maximum atomic E-state index is 14.7. The van der Waals surface area contributed by atoms with E-state index in [0.717, 1.165) is 22.5 Å². The van der Waals surface area contributed by atoms with E-state index in [1.54, 1.807) is 17.0 Å². The predicted molar refractivity (Wildman–Crippen MR) is 124 cm³/mol. The second kappa shape index (κ2) is 8.87. The van der Waals surface area contributed by atoms with E-state index in [1.165, 1.54) is 17.4 Å². The number of hydrogen-bond donors (Lipinski definition) is 2. The number of rotatable bonds is 6.